The van der Waals surface area contributed by atoms with Crippen molar-refractivity contribution in [3.63, 3.8) is 0 Å². The number of hydrogen-bond acceptors (Lipinski definition) is 2. The number of carbonyl (C=O) groups is 1. The average Bonchev–Trinajstić information content (AvgIpc) is 2.32. The summed E-state index contributed by atoms with van der Waals surface area (Å²) in [7, 11) is 1.66. The molecule has 4 heteroatoms. The van der Waals surface area contributed by atoms with Crippen molar-refractivity contribution in [3.05, 3.63) is 35.6 Å². The van der Waals surface area contributed by atoms with E-state index in [2.05, 4.69) is 0 Å². The summed E-state index contributed by atoms with van der Waals surface area (Å²) in [6.07, 6.45) is 1.68. The zero-order valence-electron chi connectivity index (χ0n) is 10.0. The van der Waals surface area contributed by atoms with Gasteiger partial charge in [-0.3, -0.25) is 4.79 Å². The van der Waals surface area contributed by atoms with Crippen LogP contribution in [0.15, 0.2) is 24.3 Å². The molecule has 0 aliphatic carbocycles. The minimum Gasteiger partial charge on any atom is -0.396 e. The maximum atomic E-state index is 13.3. The lowest BCUT2D eigenvalue weighted by atomic mass is 10.2. The predicted octanol–water partition coefficient (Wildman–Crippen LogP) is 1.95. The Kier molecular flexibility index (Phi) is 5.63. The van der Waals surface area contributed by atoms with Gasteiger partial charge in [0.25, 0.3) is 0 Å². The Morgan fingerprint density at radius 2 is 2.06 bits per heavy atom. The number of rotatable bonds is 6. The van der Waals surface area contributed by atoms with E-state index in [0.717, 1.165) is 0 Å². The SMILES string of the molecule is CN(Cc1ccccc1F)C(=O)CCCCO. The van der Waals surface area contributed by atoms with Crippen molar-refractivity contribution in [2.24, 2.45) is 0 Å². The highest BCUT2D eigenvalue weighted by atomic mass is 19.1. The fourth-order valence-corrected chi connectivity index (χ4v) is 1.55. The van der Waals surface area contributed by atoms with E-state index in [1.165, 1.54) is 11.0 Å². The first-order chi connectivity index (χ1) is 8.15. The fraction of sp³-hybridized carbons (Fsp3) is 0.462. The molecule has 0 bridgehead atoms. The maximum Gasteiger partial charge on any atom is 0.222 e. The molecule has 1 aromatic carbocycles. The third kappa shape index (κ3) is 4.53. The molecule has 0 fully saturated rings. The average molecular weight is 239 g/mol. The van der Waals surface area contributed by atoms with Crippen LogP contribution in [0.3, 0.4) is 0 Å². The predicted molar refractivity (Wildman–Crippen MR) is 63.8 cm³/mol. The van der Waals surface area contributed by atoms with E-state index < -0.39 is 0 Å². The summed E-state index contributed by atoms with van der Waals surface area (Å²) in [6, 6.07) is 6.44. The zero-order chi connectivity index (χ0) is 12.7. The van der Waals surface area contributed by atoms with Crippen LogP contribution >= 0.6 is 0 Å². The van der Waals surface area contributed by atoms with Gasteiger partial charge in [0, 0.05) is 32.2 Å². The molecule has 0 radical (unpaired) electrons. The number of halogens is 1. The lowest BCUT2D eigenvalue weighted by Gasteiger charge is -2.17. The smallest absolute Gasteiger partial charge is 0.222 e. The highest BCUT2D eigenvalue weighted by Crippen LogP contribution is 2.10. The van der Waals surface area contributed by atoms with E-state index >= 15 is 0 Å². The third-order valence-corrected chi connectivity index (χ3v) is 2.59. The van der Waals surface area contributed by atoms with Gasteiger partial charge in [-0.2, -0.15) is 0 Å². The molecule has 0 aliphatic heterocycles. The van der Waals surface area contributed by atoms with Crippen LogP contribution in [0.2, 0.25) is 0 Å². The minimum atomic E-state index is -0.289. The van der Waals surface area contributed by atoms with Gasteiger partial charge in [-0.05, 0) is 18.9 Å². The Morgan fingerprint density at radius 1 is 1.35 bits per heavy atom. The van der Waals surface area contributed by atoms with Crippen LogP contribution in [0.5, 0.6) is 0 Å². The van der Waals surface area contributed by atoms with Gasteiger partial charge in [-0.25, -0.2) is 4.39 Å². The van der Waals surface area contributed by atoms with Gasteiger partial charge in [0.1, 0.15) is 5.82 Å². The molecule has 0 aromatic heterocycles. The third-order valence-electron chi connectivity index (χ3n) is 2.59. The van der Waals surface area contributed by atoms with Crippen LogP contribution in [0.4, 0.5) is 4.39 Å². The van der Waals surface area contributed by atoms with Crippen LogP contribution < -0.4 is 0 Å². The van der Waals surface area contributed by atoms with Gasteiger partial charge in [-0.15, -0.1) is 0 Å². The lowest BCUT2D eigenvalue weighted by molar-refractivity contribution is -0.130. The Hall–Kier alpha value is -1.42. The normalized spacial score (nSPS) is 10.3. The lowest BCUT2D eigenvalue weighted by Crippen LogP contribution is -2.26. The number of carbonyl (C=O) groups excluding carboxylic acids is 1. The Labute approximate surface area is 101 Å². The second-order valence-electron chi connectivity index (χ2n) is 4.02. The molecule has 0 aliphatic rings. The molecular weight excluding hydrogens is 221 g/mol. The Balaban J connectivity index is 2.46. The Bertz CT molecular complexity index is 368. The van der Waals surface area contributed by atoms with Gasteiger partial charge < -0.3 is 10.0 Å². The summed E-state index contributed by atoms with van der Waals surface area (Å²) in [6.45, 7) is 0.384. The van der Waals surface area contributed by atoms with E-state index in [1.807, 2.05) is 0 Å². The quantitative estimate of drug-likeness (QED) is 0.771. The molecular formula is C13H18FNO2. The highest BCUT2D eigenvalue weighted by Gasteiger charge is 2.10. The van der Waals surface area contributed by atoms with Gasteiger partial charge in [0.2, 0.25) is 5.91 Å². The topological polar surface area (TPSA) is 40.5 Å². The highest BCUT2D eigenvalue weighted by molar-refractivity contribution is 5.75. The molecule has 0 atom stereocenters. The second-order valence-corrected chi connectivity index (χ2v) is 4.02. The first-order valence-corrected chi connectivity index (χ1v) is 5.73. The van der Waals surface area contributed by atoms with E-state index in [1.54, 1.807) is 25.2 Å². The van der Waals surface area contributed by atoms with Crippen molar-refractivity contribution in [1.82, 2.24) is 4.90 Å². The molecule has 0 saturated carbocycles. The first-order valence-electron chi connectivity index (χ1n) is 5.73. The number of aliphatic hydroxyl groups is 1. The first kappa shape index (κ1) is 13.6. The number of amides is 1. The molecule has 3 nitrogen and oxygen atoms in total. The fourth-order valence-electron chi connectivity index (χ4n) is 1.55. The van der Waals surface area contributed by atoms with Crippen molar-refractivity contribution in [3.8, 4) is 0 Å². The van der Waals surface area contributed by atoms with Crippen LogP contribution in [0.25, 0.3) is 0 Å². The van der Waals surface area contributed by atoms with E-state index in [0.29, 0.717) is 24.8 Å². The van der Waals surface area contributed by atoms with E-state index in [-0.39, 0.29) is 24.9 Å². The van der Waals surface area contributed by atoms with Gasteiger partial charge in [0.15, 0.2) is 0 Å². The van der Waals surface area contributed by atoms with Crippen molar-refractivity contribution >= 4 is 5.91 Å². The molecule has 1 aromatic rings. The maximum absolute atomic E-state index is 13.3. The molecule has 94 valence electrons. The van der Waals surface area contributed by atoms with Crippen molar-refractivity contribution in [2.75, 3.05) is 13.7 Å². The van der Waals surface area contributed by atoms with E-state index in [9.17, 15) is 9.18 Å². The number of benzene rings is 1. The molecule has 1 N–H and O–H groups in total. The molecule has 0 heterocycles. The Morgan fingerprint density at radius 3 is 2.71 bits per heavy atom. The largest absolute Gasteiger partial charge is 0.396 e. The van der Waals surface area contributed by atoms with Gasteiger partial charge in [0.05, 0.1) is 0 Å². The molecule has 0 saturated heterocycles. The van der Waals surface area contributed by atoms with Crippen LogP contribution in [-0.2, 0) is 11.3 Å². The van der Waals surface area contributed by atoms with Crippen LogP contribution in [-0.4, -0.2) is 29.6 Å². The number of aliphatic hydroxyl groups excluding tert-OH is 1. The molecule has 1 amide bonds. The summed E-state index contributed by atoms with van der Waals surface area (Å²) >= 11 is 0. The number of unbranched alkanes of at least 4 members (excludes halogenated alkanes) is 1. The van der Waals surface area contributed by atoms with Gasteiger partial charge in [-0.1, -0.05) is 18.2 Å². The summed E-state index contributed by atoms with van der Waals surface area (Å²) in [5, 5.41) is 8.61. The monoisotopic (exact) mass is 239 g/mol. The van der Waals surface area contributed by atoms with Crippen LogP contribution in [0.1, 0.15) is 24.8 Å². The number of nitrogens with zero attached hydrogens (tertiary/aromatic N) is 1. The zero-order valence-corrected chi connectivity index (χ0v) is 10.0. The van der Waals surface area contributed by atoms with Crippen molar-refractivity contribution in [1.29, 1.82) is 0 Å². The number of hydrogen-bond donors (Lipinski definition) is 1. The molecule has 1 rings (SSSR count). The second kappa shape index (κ2) is 7.01. The van der Waals surface area contributed by atoms with E-state index in [4.69, 9.17) is 5.11 Å². The standard InChI is InChI=1S/C13H18FNO2/c1-15(13(17)8-4-5-9-16)10-11-6-2-3-7-12(11)14/h2-3,6-7,16H,4-5,8-10H2,1H3. The minimum absolute atomic E-state index is 0.0262. The van der Waals surface area contributed by atoms with Gasteiger partial charge >= 0.3 is 0 Å². The molecule has 0 unspecified atom stereocenters. The molecule has 0 spiro atoms. The molecule has 17 heavy (non-hydrogen) atoms. The van der Waals surface area contributed by atoms with Crippen molar-refractivity contribution < 1.29 is 14.3 Å². The summed E-state index contributed by atoms with van der Waals surface area (Å²) < 4.78 is 13.3. The summed E-state index contributed by atoms with van der Waals surface area (Å²) in [5.41, 5.74) is 0.519. The van der Waals surface area contributed by atoms with Crippen molar-refractivity contribution in [2.45, 2.75) is 25.8 Å². The summed E-state index contributed by atoms with van der Waals surface area (Å²) in [5.74, 6) is -0.316. The van der Waals surface area contributed by atoms with Crippen LogP contribution in [0, 0.1) is 5.82 Å². The summed E-state index contributed by atoms with van der Waals surface area (Å²) in [4.78, 5) is 13.2.